The van der Waals surface area contributed by atoms with Gasteiger partial charge in [-0.1, -0.05) is 18.2 Å². The Labute approximate surface area is 130 Å². The van der Waals surface area contributed by atoms with Gasteiger partial charge in [0.15, 0.2) is 5.78 Å². The zero-order valence-electron chi connectivity index (χ0n) is 12.8. The van der Waals surface area contributed by atoms with Crippen molar-refractivity contribution in [2.24, 2.45) is 0 Å². The fourth-order valence-corrected chi connectivity index (χ4v) is 2.67. The summed E-state index contributed by atoms with van der Waals surface area (Å²) in [7, 11) is -0.887. The predicted octanol–water partition coefficient (Wildman–Crippen LogP) is 1.38. The summed E-state index contributed by atoms with van der Waals surface area (Å²) in [5.74, 6) is 0.0294. The van der Waals surface area contributed by atoms with E-state index in [1.807, 2.05) is 38.1 Å². The largest absolute Gasteiger partial charge is 0.491 e. The highest BCUT2D eigenvalue weighted by molar-refractivity contribution is 6.60. The van der Waals surface area contributed by atoms with Crippen molar-refractivity contribution in [2.75, 3.05) is 6.61 Å². The third kappa shape index (κ3) is 2.96. The Bertz CT molecular complexity index is 730. The molecule has 0 saturated heterocycles. The van der Waals surface area contributed by atoms with E-state index in [1.165, 1.54) is 0 Å². The van der Waals surface area contributed by atoms with Crippen LogP contribution in [0.15, 0.2) is 30.5 Å². The molecule has 1 aliphatic rings. The fraction of sp³-hybridized carbons (Fsp3) is 0.294. The molecule has 0 atom stereocenters. The van der Waals surface area contributed by atoms with Gasteiger partial charge in [0.1, 0.15) is 0 Å². The number of Topliss-reactive ketones (excluding diaryl/α,β-unsaturated/α-hetero) is 1. The molecule has 0 bridgehead atoms. The van der Waals surface area contributed by atoms with E-state index < -0.39 is 7.12 Å². The van der Waals surface area contributed by atoms with Gasteiger partial charge in [0, 0.05) is 30.5 Å². The molecule has 2 aromatic rings. The van der Waals surface area contributed by atoms with E-state index in [-0.39, 0.29) is 5.78 Å². The van der Waals surface area contributed by atoms with E-state index in [0.29, 0.717) is 18.6 Å². The molecule has 0 fully saturated rings. The molecule has 22 heavy (non-hydrogen) atoms. The van der Waals surface area contributed by atoms with E-state index in [2.05, 4.69) is 4.98 Å². The first kappa shape index (κ1) is 14.9. The van der Waals surface area contributed by atoms with Crippen molar-refractivity contribution in [3.8, 4) is 0 Å². The quantitative estimate of drug-likeness (QED) is 0.686. The SMILES string of the molecule is Cc1cc(C(=O)Cc2ccc3c(c2)B(O)OCC3)cnc1C. The van der Waals surface area contributed by atoms with Crippen LogP contribution in [0.2, 0.25) is 0 Å². The minimum Gasteiger partial charge on any atom is -0.423 e. The smallest absolute Gasteiger partial charge is 0.423 e. The third-order valence-electron chi connectivity index (χ3n) is 4.15. The molecule has 0 saturated carbocycles. The van der Waals surface area contributed by atoms with Crippen LogP contribution in [0, 0.1) is 13.8 Å². The summed E-state index contributed by atoms with van der Waals surface area (Å²) in [5, 5.41) is 9.89. The van der Waals surface area contributed by atoms with Crippen LogP contribution < -0.4 is 5.46 Å². The van der Waals surface area contributed by atoms with Crippen molar-refractivity contribution in [3.63, 3.8) is 0 Å². The van der Waals surface area contributed by atoms with E-state index in [4.69, 9.17) is 4.65 Å². The minimum absolute atomic E-state index is 0.0294. The Morgan fingerprint density at radius 2 is 2.18 bits per heavy atom. The lowest BCUT2D eigenvalue weighted by atomic mass is 9.73. The lowest BCUT2D eigenvalue weighted by Gasteiger charge is -2.19. The van der Waals surface area contributed by atoms with Crippen LogP contribution >= 0.6 is 0 Å². The van der Waals surface area contributed by atoms with Gasteiger partial charge in [-0.15, -0.1) is 0 Å². The summed E-state index contributed by atoms with van der Waals surface area (Å²) in [5.41, 5.74) is 5.31. The predicted molar refractivity (Wildman–Crippen MR) is 85.5 cm³/mol. The minimum atomic E-state index is -0.887. The highest BCUT2D eigenvalue weighted by atomic mass is 16.5. The maximum Gasteiger partial charge on any atom is 0.491 e. The van der Waals surface area contributed by atoms with Crippen LogP contribution in [0.25, 0.3) is 0 Å². The Morgan fingerprint density at radius 3 is 2.95 bits per heavy atom. The van der Waals surface area contributed by atoms with Gasteiger partial charge in [-0.05, 0) is 48.5 Å². The second kappa shape index (κ2) is 6.03. The standard InChI is InChI=1S/C17H18BNO3/c1-11-7-15(10-19-12(11)2)17(20)9-13-3-4-14-5-6-22-18(21)16(14)8-13/h3-4,7-8,10,21H,5-6,9H2,1-2H3. The summed E-state index contributed by atoms with van der Waals surface area (Å²) in [6, 6.07) is 7.66. The molecule has 0 spiro atoms. The number of nitrogens with zero attached hydrogens (tertiary/aromatic N) is 1. The van der Waals surface area contributed by atoms with E-state index in [9.17, 15) is 9.82 Å². The number of hydrogen-bond acceptors (Lipinski definition) is 4. The molecule has 1 aliphatic heterocycles. The zero-order chi connectivity index (χ0) is 15.7. The number of fused-ring (bicyclic) bond motifs is 1. The van der Waals surface area contributed by atoms with Gasteiger partial charge in [0.25, 0.3) is 0 Å². The van der Waals surface area contributed by atoms with Crippen LogP contribution in [-0.2, 0) is 17.5 Å². The summed E-state index contributed by atoms with van der Waals surface area (Å²) >= 11 is 0. The molecule has 112 valence electrons. The molecular weight excluding hydrogens is 277 g/mol. The summed E-state index contributed by atoms with van der Waals surface area (Å²) in [6.45, 7) is 4.40. The molecule has 2 heterocycles. The molecule has 0 radical (unpaired) electrons. The fourth-order valence-electron chi connectivity index (χ4n) is 2.67. The first-order valence-corrected chi connectivity index (χ1v) is 7.42. The molecule has 1 aromatic carbocycles. The Hall–Kier alpha value is -1.98. The maximum atomic E-state index is 12.4. The molecule has 0 unspecified atom stereocenters. The van der Waals surface area contributed by atoms with Crippen LogP contribution in [0.1, 0.15) is 32.7 Å². The maximum absolute atomic E-state index is 12.4. The Morgan fingerprint density at radius 1 is 1.36 bits per heavy atom. The molecule has 0 aliphatic carbocycles. The molecule has 4 nitrogen and oxygen atoms in total. The third-order valence-corrected chi connectivity index (χ3v) is 4.15. The number of rotatable bonds is 3. The van der Waals surface area contributed by atoms with Crippen LogP contribution in [0.5, 0.6) is 0 Å². The zero-order valence-corrected chi connectivity index (χ0v) is 12.8. The summed E-state index contributed by atoms with van der Waals surface area (Å²) in [4.78, 5) is 16.6. The van der Waals surface area contributed by atoms with Crippen LogP contribution in [-0.4, -0.2) is 29.5 Å². The van der Waals surface area contributed by atoms with Gasteiger partial charge in [0.2, 0.25) is 0 Å². The number of benzene rings is 1. The average Bonchev–Trinajstić information content (AvgIpc) is 2.51. The summed E-state index contributed by atoms with van der Waals surface area (Å²) < 4.78 is 5.24. The lowest BCUT2D eigenvalue weighted by molar-refractivity contribution is 0.0992. The molecular formula is C17H18BNO3. The van der Waals surface area contributed by atoms with Gasteiger partial charge in [-0.25, -0.2) is 0 Å². The van der Waals surface area contributed by atoms with Gasteiger partial charge < -0.3 is 9.68 Å². The first-order valence-electron chi connectivity index (χ1n) is 7.42. The number of pyridine rings is 1. The highest BCUT2D eigenvalue weighted by Gasteiger charge is 2.25. The van der Waals surface area contributed by atoms with E-state index >= 15 is 0 Å². The lowest BCUT2D eigenvalue weighted by Crippen LogP contribution is -2.41. The van der Waals surface area contributed by atoms with Crippen molar-refractivity contribution in [2.45, 2.75) is 26.7 Å². The molecule has 1 N–H and O–H groups in total. The number of aromatic nitrogens is 1. The number of hydrogen-bond donors (Lipinski definition) is 1. The highest BCUT2D eigenvalue weighted by Crippen LogP contribution is 2.13. The average molecular weight is 295 g/mol. The van der Waals surface area contributed by atoms with Gasteiger partial charge in [-0.3, -0.25) is 9.78 Å². The van der Waals surface area contributed by atoms with Gasteiger partial charge >= 0.3 is 7.12 Å². The summed E-state index contributed by atoms with van der Waals surface area (Å²) in [6.07, 6.45) is 2.72. The van der Waals surface area contributed by atoms with Crippen molar-refractivity contribution in [1.82, 2.24) is 4.98 Å². The Balaban J connectivity index is 1.82. The van der Waals surface area contributed by atoms with Crippen LogP contribution in [0.3, 0.4) is 0 Å². The second-order valence-electron chi connectivity index (χ2n) is 5.73. The number of ketones is 1. The van der Waals surface area contributed by atoms with Gasteiger partial charge in [0.05, 0.1) is 0 Å². The molecule has 5 heteroatoms. The molecule has 3 rings (SSSR count). The molecule has 1 aromatic heterocycles. The van der Waals surface area contributed by atoms with Crippen molar-refractivity contribution in [1.29, 1.82) is 0 Å². The second-order valence-corrected chi connectivity index (χ2v) is 5.73. The van der Waals surface area contributed by atoms with E-state index in [0.717, 1.165) is 34.3 Å². The normalized spacial score (nSPS) is 13.9. The topological polar surface area (TPSA) is 59.4 Å². The van der Waals surface area contributed by atoms with Crippen molar-refractivity contribution < 1.29 is 14.5 Å². The van der Waals surface area contributed by atoms with Crippen molar-refractivity contribution in [3.05, 3.63) is 58.4 Å². The first-order chi connectivity index (χ1) is 10.5. The number of carbonyl (C=O) groups is 1. The van der Waals surface area contributed by atoms with Crippen LogP contribution in [0.4, 0.5) is 0 Å². The monoisotopic (exact) mass is 295 g/mol. The molecule has 0 amide bonds. The number of aryl methyl sites for hydroxylation is 2. The Kier molecular flexibility index (Phi) is 4.09. The van der Waals surface area contributed by atoms with E-state index in [1.54, 1.807) is 6.20 Å². The van der Waals surface area contributed by atoms with Gasteiger partial charge in [-0.2, -0.15) is 0 Å². The van der Waals surface area contributed by atoms with Crippen molar-refractivity contribution >= 4 is 18.4 Å². The number of carbonyl (C=O) groups excluding carboxylic acids is 1.